The van der Waals surface area contributed by atoms with Crippen LogP contribution in [0.1, 0.15) is 31.2 Å². The highest BCUT2D eigenvalue weighted by Crippen LogP contribution is 2.24. The molecule has 1 aromatic rings. The molecule has 0 unspecified atom stereocenters. The van der Waals surface area contributed by atoms with E-state index in [-0.39, 0.29) is 18.3 Å². The van der Waals surface area contributed by atoms with Gasteiger partial charge in [0.25, 0.3) is 0 Å². The van der Waals surface area contributed by atoms with Crippen LogP contribution in [0.5, 0.6) is 0 Å². The maximum absolute atomic E-state index is 11.9. The van der Waals surface area contributed by atoms with Gasteiger partial charge in [0.15, 0.2) is 0 Å². The summed E-state index contributed by atoms with van der Waals surface area (Å²) in [6.45, 7) is 0.163. The van der Waals surface area contributed by atoms with E-state index in [1.165, 1.54) is 0 Å². The number of ether oxygens (including phenoxy) is 1. The molecule has 6 heteroatoms. The molecule has 0 bridgehead atoms. The van der Waals surface area contributed by atoms with Crippen molar-refractivity contribution in [3.05, 3.63) is 35.9 Å². The van der Waals surface area contributed by atoms with Crippen LogP contribution in [-0.4, -0.2) is 30.2 Å². The Kier molecular flexibility index (Phi) is 6.29. The SMILES string of the molecule is NC(=O)[C@H](NC(=O)COCc1ccccc1)[C@@H]1CCCC(=O)C1. The van der Waals surface area contributed by atoms with Crippen molar-refractivity contribution in [3.63, 3.8) is 0 Å². The summed E-state index contributed by atoms with van der Waals surface area (Å²) >= 11 is 0. The van der Waals surface area contributed by atoms with Crippen molar-refractivity contribution in [2.45, 2.75) is 38.3 Å². The summed E-state index contributed by atoms with van der Waals surface area (Å²) < 4.78 is 5.34. The number of ketones is 1. The van der Waals surface area contributed by atoms with E-state index in [1.807, 2.05) is 30.3 Å². The number of carbonyl (C=O) groups excluding carboxylic acids is 3. The van der Waals surface area contributed by atoms with Gasteiger partial charge in [0.05, 0.1) is 6.61 Å². The molecule has 1 aliphatic rings. The van der Waals surface area contributed by atoms with Gasteiger partial charge in [0.2, 0.25) is 11.8 Å². The summed E-state index contributed by atoms with van der Waals surface area (Å²) in [5.41, 5.74) is 6.34. The second kappa shape index (κ2) is 8.43. The smallest absolute Gasteiger partial charge is 0.246 e. The lowest BCUT2D eigenvalue weighted by Crippen LogP contribution is -2.51. The molecule has 3 N–H and O–H groups in total. The van der Waals surface area contributed by atoms with Gasteiger partial charge in [-0.1, -0.05) is 30.3 Å². The van der Waals surface area contributed by atoms with E-state index in [1.54, 1.807) is 0 Å². The van der Waals surface area contributed by atoms with Gasteiger partial charge in [-0.2, -0.15) is 0 Å². The van der Waals surface area contributed by atoms with Crippen molar-refractivity contribution >= 4 is 17.6 Å². The fourth-order valence-corrected chi connectivity index (χ4v) is 2.81. The van der Waals surface area contributed by atoms with Gasteiger partial charge in [-0.05, 0) is 24.3 Å². The fourth-order valence-electron chi connectivity index (χ4n) is 2.81. The predicted octanol–water partition coefficient (Wildman–Crippen LogP) is 0.933. The number of carbonyl (C=O) groups is 3. The molecule has 0 heterocycles. The van der Waals surface area contributed by atoms with Gasteiger partial charge in [0.1, 0.15) is 18.4 Å². The molecule has 0 spiro atoms. The molecule has 6 nitrogen and oxygen atoms in total. The lowest BCUT2D eigenvalue weighted by Gasteiger charge is -2.28. The Balaban J connectivity index is 1.81. The zero-order valence-electron chi connectivity index (χ0n) is 13.0. The minimum absolute atomic E-state index is 0.113. The molecule has 2 amide bonds. The van der Waals surface area contributed by atoms with Crippen LogP contribution in [0.4, 0.5) is 0 Å². The molecule has 124 valence electrons. The van der Waals surface area contributed by atoms with Crippen LogP contribution in [0.3, 0.4) is 0 Å². The number of primary amides is 1. The predicted molar refractivity (Wildman–Crippen MR) is 84.2 cm³/mol. The van der Waals surface area contributed by atoms with Crippen molar-refractivity contribution in [2.75, 3.05) is 6.61 Å². The highest BCUT2D eigenvalue weighted by atomic mass is 16.5. The molecule has 2 rings (SSSR count). The second-order valence-electron chi connectivity index (χ2n) is 5.82. The Labute approximate surface area is 135 Å². The molecule has 0 aliphatic heterocycles. The van der Waals surface area contributed by atoms with Crippen LogP contribution in [0.15, 0.2) is 30.3 Å². The van der Waals surface area contributed by atoms with Gasteiger partial charge in [-0.15, -0.1) is 0 Å². The molecule has 1 aliphatic carbocycles. The van der Waals surface area contributed by atoms with Crippen LogP contribution < -0.4 is 11.1 Å². The van der Waals surface area contributed by atoms with Gasteiger partial charge in [-0.3, -0.25) is 14.4 Å². The summed E-state index contributed by atoms with van der Waals surface area (Å²) in [5, 5.41) is 2.60. The lowest BCUT2D eigenvalue weighted by molar-refractivity contribution is -0.133. The minimum Gasteiger partial charge on any atom is -0.368 e. The van der Waals surface area contributed by atoms with Gasteiger partial charge >= 0.3 is 0 Å². The van der Waals surface area contributed by atoms with Crippen molar-refractivity contribution in [2.24, 2.45) is 11.7 Å². The van der Waals surface area contributed by atoms with E-state index in [9.17, 15) is 14.4 Å². The Morgan fingerprint density at radius 3 is 2.70 bits per heavy atom. The number of nitrogens with one attached hydrogen (secondary N) is 1. The number of hydrogen-bond acceptors (Lipinski definition) is 4. The molecule has 2 atom stereocenters. The second-order valence-corrected chi connectivity index (χ2v) is 5.82. The molecule has 0 aromatic heterocycles. The summed E-state index contributed by atoms with van der Waals surface area (Å²) in [4.78, 5) is 35.1. The number of nitrogens with two attached hydrogens (primary N) is 1. The topological polar surface area (TPSA) is 98.5 Å². The van der Waals surface area contributed by atoms with Crippen molar-refractivity contribution in [1.29, 1.82) is 0 Å². The third-order valence-corrected chi connectivity index (χ3v) is 3.96. The monoisotopic (exact) mass is 318 g/mol. The van der Waals surface area contributed by atoms with E-state index in [4.69, 9.17) is 10.5 Å². The first kappa shape index (κ1) is 17.1. The molecule has 0 radical (unpaired) electrons. The number of amides is 2. The first-order chi connectivity index (χ1) is 11.1. The Bertz CT molecular complexity index is 559. The molecule has 23 heavy (non-hydrogen) atoms. The maximum atomic E-state index is 11.9. The van der Waals surface area contributed by atoms with Crippen LogP contribution in [-0.2, 0) is 25.7 Å². The maximum Gasteiger partial charge on any atom is 0.246 e. The summed E-state index contributed by atoms with van der Waals surface area (Å²) in [7, 11) is 0. The molecular formula is C17H22N2O4. The van der Waals surface area contributed by atoms with E-state index in [2.05, 4.69) is 5.32 Å². The highest BCUT2D eigenvalue weighted by Gasteiger charge is 2.31. The molecular weight excluding hydrogens is 296 g/mol. The minimum atomic E-state index is -0.813. The van der Waals surface area contributed by atoms with Crippen molar-refractivity contribution in [3.8, 4) is 0 Å². The number of Topliss-reactive ketones (excluding diaryl/α,β-unsaturated/α-hetero) is 1. The molecule has 1 aromatic carbocycles. The zero-order valence-corrected chi connectivity index (χ0v) is 13.0. The summed E-state index contributed by atoms with van der Waals surface area (Å²) in [6, 6.07) is 8.67. The highest BCUT2D eigenvalue weighted by molar-refractivity contribution is 5.88. The van der Waals surface area contributed by atoms with Gasteiger partial charge < -0.3 is 15.8 Å². The third-order valence-electron chi connectivity index (χ3n) is 3.96. The van der Waals surface area contributed by atoms with Crippen LogP contribution in [0, 0.1) is 5.92 Å². The Hall–Kier alpha value is -2.21. The quantitative estimate of drug-likeness (QED) is 0.781. The van der Waals surface area contributed by atoms with Crippen molar-refractivity contribution < 1.29 is 19.1 Å². The molecule has 1 fully saturated rings. The lowest BCUT2D eigenvalue weighted by atomic mass is 9.83. The Morgan fingerprint density at radius 2 is 2.04 bits per heavy atom. The molecule has 1 saturated carbocycles. The van der Waals surface area contributed by atoms with Crippen LogP contribution in [0.25, 0.3) is 0 Å². The summed E-state index contributed by atoms with van der Waals surface area (Å²) in [6.07, 6.45) is 2.27. The van der Waals surface area contributed by atoms with Gasteiger partial charge in [0, 0.05) is 12.8 Å². The van der Waals surface area contributed by atoms with E-state index < -0.39 is 17.9 Å². The standard InChI is InChI=1S/C17H22N2O4/c18-17(22)16(13-7-4-8-14(20)9-13)19-15(21)11-23-10-12-5-2-1-3-6-12/h1-3,5-6,13,16H,4,7-11H2,(H2,18,22)(H,19,21)/t13-,16-/m1/s1. The average Bonchev–Trinajstić information content (AvgIpc) is 2.53. The van der Waals surface area contributed by atoms with E-state index in [0.717, 1.165) is 12.0 Å². The normalized spacial score (nSPS) is 19.1. The zero-order chi connectivity index (χ0) is 16.7. The number of rotatable bonds is 7. The Morgan fingerprint density at radius 1 is 1.30 bits per heavy atom. The fraction of sp³-hybridized carbons (Fsp3) is 0.471. The summed E-state index contributed by atoms with van der Waals surface area (Å²) in [5.74, 6) is -1.11. The van der Waals surface area contributed by atoms with Crippen molar-refractivity contribution in [1.82, 2.24) is 5.32 Å². The first-order valence-corrected chi connectivity index (χ1v) is 7.78. The number of benzene rings is 1. The third kappa shape index (κ3) is 5.49. The van der Waals surface area contributed by atoms with E-state index in [0.29, 0.717) is 25.9 Å². The van der Waals surface area contributed by atoms with Gasteiger partial charge in [-0.25, -0.2) is 0 Å². The molecule has 0 saturated heterocycles. The largest absolute Gasteiger partial charge is 0.368 e. The first-order valence-electron chi connectivity index (χ1n) is 7.78. The van der Waals surface area contributed by atoms with E-state index >= 15 is 0 Å². The van der Waals surface area contributed by atoms with Crippen LogP contribution >= 0.6 is 0 Å². The average molecular weight is 318 g/mol. The number of hydrogen-bond donors (Lipinski definition) is 2. The van der Waals surface area contributed by atoms with Crippen LogP contribution in [0.2, 0.25) is 0 Å².